The van der Waals surface area contributed by atoms with Crippen molar-refractivity contribution in [2.24, 2.45) is 0 Å². The van der Waals surface area contributed by atoms with Gasteiger partial charge in [-0.1, -0.05) is 23.7 Å². The van der Waals surface area contributed by atoms with E-state index in [0.717, 1.165) is 41.4 Å². The fourth-order valence-electron chi connectivity index (χ4n) is 2.20. The van der Waals surface area contributed by atoms with Crippen LogP contribution in [0, 0.1) is 0 Å². The van der Waals surface area contributed by atoms with Crippen LogP contribution >= 0.6 is 24.0 Å². The van der Waals surface area contributed by atoms with E-state index in [1.165, 1.54) is 0 Å². The molecule has 0 amide bonds. The van der Waals surface area contributed by atoms with E-state index in [1.807, 2.05) is 36.5 Å². The molecule has 0 spiro atoms. The first kappa shape index (κ1) is 15.1. The predicted molar refractivity (Wildman–Crippen MR) is 83.8 cm³/mol. The summed E-state index contributed by atoms with van der Waals surface area (Å²) >= 11 is 5.90. The highest BCUT2D eigenvalue weighted by molar-refractivity contribution is 6.30. The van der Waals surface area contributed by atoms with Crippen molar-refractivity contribution in [1.29, 1.82) is 0 Å². The molecule has 1 aliphatic rings. The van der Waals surface area contributed by atoms with Gasteiger partial charge in [0.05, 0.1) is 6.20 Å². The molecule has 1 aliphatic heterocycles. The molecule has 1 saturated heterocycles. The van der Waals surface area contributed by atoms with E-state index in [4.69, 9.17) is 16.3 Å². The fraction of sp³-hybridized carbons (Fsp3) is 0.267. The van der Waals surface area contributed by atoms with Gasteiger partial charge in [-0.15, -0.1) is 12.4 Å². The molecule has 20 heavy (non-hydrogen) atoms. The summed E-state index contributed by atoms with van der Waals surface area (Å²) < 4.78 is 5.91. The van der Waals surface area contributed by atoms with Crippen molar-refractivity contribution in [1.82, 2.24) is 10.3 Å². The number of nitrogens with zero attached hydrogens (tertiary/aromatic N) is 1. The van der Waals surface area contributed by atoms with E-state index in [1.54, 1.807) is 6.20 Å². The number of hydrogen-bond donors (Lipinski definition) is 1. The first-order valence-corrected chi connectivity index (χ1v) is 6.77. The molecule has 1 fully saturated rings. The van der Waals surface area contributed by atoms with Crippen LogP contribution in [0.1, 0.15) is 6.42 Å². The molecule has 2 aromatic rings. The molecular formula is C15H16Cl2N2O. The highest BCUT2D eigenvalue weighted by atomic mass is 35.5. The van der Waals surface area contributed by atoms with Crippen LogP contribution in [0.15, 0.2) is 42.7 Å². The maximum absolute atomic E-state index is 5.91. The Bertz CT molecular complexity index is 554. The lowest BCUT2D eigenvalue weighted by Crippen LogP contribution is -2.19. The number of rotatable bonds is 3. The van der Waals surface area contributed by atoms with E-state index >= 15 is 0 Å². The molecule has 106 valence electrons. The molecule has 2 heterocycles. The van der Waals surface area contributed by atoms with E-state index in [-0.39, 0.29) is 18.5 Å². The van der Waals surface area contributed by atoms with E-state index < -0.39 is 0 Å². The van der Waals surface area contributed by atoms with Gasteiger partial charge in [0, 0.05) is 23.3 Å². The van der Waals surface area contributed by atoms with Crippen LogP contribution in [0.2, 0.25) is 5.02 Å². The molecule has 1 N–H and O–H groups in total. The van der Waals surface area contributed by atoms with Gasteiger partial charge in [0.15, 0.2) is 0 Å². The molecule has 0 radical (unpaired) electrons. The third-order valence-corrected chi connectivity index (χ3v) is 3.46. The second-order valence-corrected chi connectivity index (χ2v) is 5.09. The third kappa shape index (κ3) is 3.63. The SMILES string of the molecule is Cl.Clc1ccc(-c2cncc(O[C@H]3CCNC3)c2)cc1. The summed E-state index contributed by atoms with van der Waals surface area (Å²) in [6.45, 7) is 1.93. The number of pyridine rings is 1. The second kappa shape index (κ2) is 6.93. The minimum atomic E-state index is 0. The monoisotopic (exact) mass is 310 g/mol. The average molecular weight is 311 g/mol. The number of halogens is 2. The summed E-state index contributed by atoms with van der Waals surface area (Å²) in [5, 5.41) is 4.02. The largest absolute Gasteiger partial charge is 0.487 e. The lowest BCUT2D eigenvalue weighted by molar-refractivity contribution is 0.222. The van der Waals surface area contributed by atoms with Crippen molar-refractivity contribution in [2.45, 2.75) is 12.5 Å². The average Bonchev–Trinajstić information content (AvgIpc) is 2.93. The minimum absolute atomic E-state index is 0. The van der Waals surface area contributed by atoms with Crippen LogP contribution in [-0.2, 0) is 0 Å². The standard InChI is InChI=1S/C15H15ClN2O.ClH/c16-13-3-1-11(2-4-13)12-7-15(10-18-8-12)19-14-5-6-17-9-14;/h1-4,7-8,10,14,17H,5-6,9H2;1H/t14-;/m0./s1. The van der Waals surface area contributed by atoms with Crippen molar-refractivity contribution < 1.29 is 4.74 Å². The number of nitrogens with one attached hydrogen (secondary N) is 1. The van der Waals surface area contributed by atoms with Gasteiger partial charge in [0.1, 0.15) is 11.9 Å². The Morgan fingerprint density at radius 2 is 1.95 bits per heavy atom. The van der Waals surface area contributed by atoms with Crippen LogP contribution < -0.4 is 10.1 Å². The van der Waals surface area contributed by atoms with E-state index in [2.05, 4.69) is 10.3 Å². The summed E-state index contributed by atoms with van der Waals surface area (Å²) in [4.78, 5) is 4.25. The molecule has 0 unspecified atom stereocenters. The summed E-state index contributed by atoms with van der Waals surface area (Å²) in [6, 6.07) is 9.76. The van der Waals surface area contributed by atoms with Gasteiger partial charge in [0.25, 0.3) is 0 Å². The van der Waals surface area contributed by atoms with E-state index in [0.29, 0.717) is 0 Å². The van der Waals surface area contributed by atoms with E-state index in [9.17, 15) is 0 Å². The second-order valence-electron chi connectivity index (χ2n) is 4.65. The zero-order chi connectivity index (χ0) is 13.1. The van der Waals surface area contributed by atoms with Crippen LogP contribution in [-0.4, -0.2) is 24.2 Å². The molecule has 5 heteroatoms. The Hall–Kier alpha value is -1.29. The molecule has 1 aromatic heterocycles. The van der Waals surface area contributed by atoms with Gasteiger partial charge in [-0.3, -0.25) is 4.98 Å². The lowest BCUT2D eigenvalue weighted by atomic mass is 10.1. The maximum Gasteiger partial charge on any atom is 0.138 e. The predicted octanol–water partition coefficient (Wildman–Crippen LogP) is 3.56. The molecular weight excluding hydrogens is 295 g/mol. The Balaban J connectivity index is 0.00000147. The third-order valence-electron chi connectivity index (χ3n) is 3.21. The first-order valence-electron chi connectivity index (χ1n) is 6.39. The Labute approximate surface area is 129 Å². The zero-order valence-corrected chi connectivity index (χ0v) is 12.5. The van der Waals surface area contributed by atoms with Gasteiger partial charge in [0.2, 0.25) is 0 Å². The minimum Gasteiger partial charge on any atom is -0.487 e. The smallest absolute Gasteiger partial charge is 0.138 e. The normalized spacial score (nSPS) is 17.6. The van der Waals surface area contributed by atoms with Gasteiger partial charge in [-0.2, -0.15) is 0 Å². The maximum atomic E-state index is 5.91. The van der Waals surface area contributed by atoms with Crippen LogP contribution in [0.3, 0.4) is 0 Å². The van der Waals surface area contributed by atoms with Gasteiger partial charge in [-0.05, 0) is 36.7 Å². The Morgan fingerprint density at radius 3 is 2.65 bits per heavy atom. The molecule has 1 atom stereocenters. The molecule has 1 aromatic carbocycles. The van der Waals surface area contributed by atoms with Crippen LogP contribution in [0.4, 0.5) is 0 Å². The Kier molecular flexibility index (Phi) is 5.24. The molecule has 3 rings (SSSR count). The number of aromatic nitrogens is 1. The van der Waals surface area contributed by atoms with Crippen molar-refractivity contribution in [3.8, 4) is 16.9 Å². The van der Waals surface area contributed by atoms with Gasteiger partial charge >= 0.3 is 0 Å². The zero-order valence-electron chi connectivity index (χ0n) is 10.9. The molecule has 0 saturated carbocycles. The summed E-state index contributed by atoms with van der Waals surface area (Å²) in [7, 11) is 0. The highest BCUT2D eigenvalue weighted by Gasteiger charge is 2.16. The summed E-state index contributed by atoms with van der Waals surface area (Å²) in [6.07, 6.45) is 4.90. The van der Waals surface area contributed by atoms with Gasteiger partial charge in [-0.25, -0.2) is 0 Å². The van der Waals surface area contributed by atoms with Gasteiger partial charge < -0.3 is 10.1 Å². The number of ether oxygens (including phenoxy) is 1. The lowest BCUT2D eigenvalue weighted by Gasteiger charge is -2.12. The Morgan fingerprint density at radius 1 is 1.15 bits per heavy atom. The highest BCUT2D eigenvalue weighted by Crippen LogP contribution is 2.25. The molecule has 0 aliphatic carbocycles. The quantitative estimate of drug-likeness (QED) is 0.941. The van der Waals surface area contributed by atoms with Crippen molar-refractivity contribution >= 4 is 24.0 Å². The molecule has 0 bridgehead atoms. The molecule has 3 nitrogen and oxygen atoms in total. The first-order chi connectivity index (χ1) is 9.31. The van der Waals surface area contributed by atoms with Crippen LogP contribution in [0.25, 0.3) is 11.1 Å². The topological polar surface area (TPSA) is 34.1 Å². The fourth-order valence-corrected chi connectivity index (χ4v) is 2.33. The summed E-state index contributed by atoms with van der Waals surface area (Å²) in [5.74, 6) is 0.821. The van der Waals surface area contributed by atoms with Crippen LogP contribution in [0.5, 0.6) is 5.75 Å². The van der Waals surface area contributed by atoms with Crippen molar-refractivity contribution in [3.05, 3.63) is 47.7 Å². The van der Waals surface area contributed by atoms with Crippen molar-refractivity contribution in [2.75, 3.05) is 13.1 Å². The number of hydrogen-bond acceptors (Lipinski definition) is 3. The van der Waals surface area contributed by atoms with Crippen molar-refractivity contribution in [3.63, 3.8) is 0 Å². The summed E-state index contributed by atoms with van der Waals surface area (Å²) in [5.41, 5.74) is 2.13. The number of benzene rings is 1.